The van der Waals surface area contributed by atoms with Gasteiger partial charge in [0.1, 0.15) is 10.1 Å². The smallest absolute Gasteiger partial charge is 0.267 e. The van der Waals surface area contributed by atoms with Crippen molar-refractivity contribution in [2.24, 2.45) is 0 Å². The van der Waals surface area contributed by atoms with E-state index in [9.17, 15) is 4.79 Å². The zero-order chi connectivity index (χ0) is 19.4. The Morgan fingerprint density at radius 1 is 1.19 bits per heavy atom. The third kappa shape index (κ3) is 4.70. The lowest BCUT2D eigenvalue weighted by Gasteiger charge is -2.17. The number of aryl methyl sites for hydroxylation is 2. The Morgan fingerprint density at radius 2 is 1.93 bits per heavy atom. The molecule has 0 aliphatic carbocycles. The Balaban J connectivity index is 1.68. The Morgan fingerprint density at radius 3 is 2.59 bits per heavy atom. The fourth-order valence-electron chi connectivity index (χ4n) is 2.79. The van der Waals surface area contributed by atoms with E-state index in [0.717, 1.165) is 22.6 Å². The van der Waals surface area contributed by atoms with Gasteiger partial charge in [0, 0.05) is 5.69 Å². The summed E-state index contributed by atoms with van der Waals surface area (Å²) in [6.45, 7) is 7.04. The Kier molecular flexibility index (Phi) is 6.19. The van der Waals surface area contributed by atoms with Crippen LogP contribution in [-0.4, -0.2) is 28.4 Å². The van der Waals surface area contributed by atoms with Crippen molar-refractivity contribution in [1.29, 1.82) is 0 Å². The van der Waals surface area contributed by atoms with Crippen LogP contribution in [-0.2, 0) is 4.79 Å². The molecule has 0 radical (unpaired) electrons. The van der Waals surface area contributed by atoms with Crippen LogP contribution in [0.5, 0.6) is 5.75 Å². The van der Waals surface area contributed by atoms with Gasteiger partial charge in [-0.3, -0.25) is 9.69 Å². The second kappa shape index (κ2) is 8.59. The van der Waals surface area contributed by atoms with Crippen molar-refractivity contribution in [3.05, 3.63) is 64.1 Å². The fourth-order valence-corrected chi connectivity index (χ4v) is 4.05. The van der Waals surface area contributed by atoms with Crippen LogP contribution in [0.3, 0.4) is 0 Å². The summed E-state index contributed by atoms with van der Waals surface area (Å²) in [5.41, 5.74) is 4.30. The second-order valence-corrected chi connectivity index (χ2v) is 7.94. The van der Waals surface area contributed by atoms with Crippen LogP contribution in [0.15, 0.2) is 47.4 Å². The third-order valence-electron chi connectivity index (χ3n) is 4.17. The van der Waals surface area contributed by atoms with Gasteiger partial charge >= 0.3 is 0 Å². The lowest BCUT2D eigenvalue weighted by molar-refractivity contribution is -0.121. The minimum absolute atomic E-state index is 0.0730. The van der Waals surface area contributed by atoms with Gasteiger partial charge in [-0.15, -0.1) is 0 Å². The maximum absolute atomic E-state index is 12.7. The summed E-state index contributed by atoms with van der Waals surface area (Å²) in [4.78, 5) is 15.0. The van der Waals surface area contributed by atoms with Gasteiger partial charge in [0.15, 0.2) is 0 Å². The first-order chi connectivity index (χ1) is 13.0. The van der Waals surface area contributed by atoms with Gasteiger partial charge in [0.05, 0.1) is 18.2 Å². The van der Waals surface area contributed by atoms with Crippen LogP contribution in [0, 0.1) is 13.8 Å². The maximum atomic E-state index is 12.7. The summed E-state index contributed by atoms with van der Waals surface area (Å²) in [5.74, 6) is 0.746. The summed E-state index contributed by atoms with van der Waals surface area (Å²) in [6.07, 6.45) is 1.87. The minimum atomic E-state index is -0.0730. The van der Waals surface area contributed by atoms with Gasteiger partial charge in [-0.25, -0.2) is 0 Å². The van der Waals surface area contributed by atoms with E-state index in [1.807, 2.05) is 56.3 Å². The largest absolute Gasteiger partial charge is 0.494 e. The van der Waals surface area contributed by atoms with E-state index < -0.39 is 0 Å². The second-order valence-electron chi connectivity index (χ2n) is 6.27. The highest BCUT2D eigenvalue weighted by atomic mass is 32.2. The summed E-state index contributed by atoms with van der Waals surface area (Å²) in [5, 5.41) is 3.31. The molecule has 0 saturated carbocycles. The van der Waals surface area contributed by atoms with Crippen LogP contribution in [0.25, 0.3) is 6.08 Å². The highest BCUT2D eigenvalue weighted by Crippen LogP contribution is 2.32. The first-order valence-electron chi connectivity index (χ1n) is 8.77. The van der Waals surface area contributed by atoms with Crippen molar-refractivity contribution in [3.63, 3.8) is 0 Å². The molecule has 27 heavy (non-hydrogen) atoms. The van der Waals surface area contributed by atoms with E-state index in [4.69, 9.17) is 17.0 Å². The molecule has 140 valence electrons. The molecule has 0 unspecified atom stereocenters. The predicted molar refractivity (Wildman–Crippen MR) is 117 cm³/mol. The van der Waals surface area contributed by atoms with E-state index in [1.54, 1.807) is 4.90 Å². The number of carbonyl (C=O) groups is 1. The zero-order valence-corrected chi connectivity index (χ0v) is 17.2. The van der Waals surface area contributed by atoms with Gasteiger partial charge in [-0.2, -0.15) is 0 Å². The summed E-state index contributed by atoms with van der Waals surface area (Å²) in [6, 6.07) is 13.9. The van der Waals surface area contributed by atoms with Gasteiger partial charge in [-0.05, 0) is 56.2 Å². The third-order valence-corrected chi connectivity index (χ3v) is 5.55. The molecule has 6 heteroatoms. The molecule has 0 aromatic heterocycles. The predicted octanol–water partition coefficient (Wildman–Crippen LogP) is 4.97. The number of amides is 1. The number of hydrogen-bond acceptors (Lipinski definition) is 5. The number of nitrogens with one attached hydrogen (secondary N) is 1. The molecule has 2 aromatic rings. The van der Waals surface area contributed by atoms with Crippen molar-refractivity contribution in [2.75, 3.05) is 18.6 Å². The quantitative estimate of drug-likeness (QED) is 0.549. The first kappa shape index (κ1) is 19.5. The molecule has 0 spiro atoms. The molecule has 1 fully saturated rings. The maximum Gasteiger partial charge on any atom is 0.267 e. The first-order valence-corrected chi connectivity index (χ1v) is 9.99. The molecule has 1 aliphatic heterocycles. The lowest BCUT2D eigenvalue weighted by Crippen LogP contribution is -2.33. The van der Waals surface area contributed by atoms with Crippen molar-refractivity contribution in [2.45, 2.75) is 20.8 Å². The molecule has 0 bridgehead atoms. The van der Waals surface area contributed by atoms with Gasteiger partial charge in [0.2, 0.25) is 0 Å². The molecule has 4 nitrogen and oxygen atoms in total. The van der Waals surface area contributed by atoms with E-state index >= 15 is 0 Å². The highest BCUT2D eigenvalue weighted by Gasteiger charge is 2.31. The van der Waals surface area contributed by atoms with Crippen LogP contribution < -0.4 is 10.1 Å². The molecule has 1 amide bonds. The number of thiocarbonyl (C=S) groups is 1. The molecular formula is C21H22N2O2S2. The number of carbonyl (C=O) groups excluding carboxylic acids is 1. The number of hydrogen-bond donors (Lipinski definition) is 1. The normalized spacial score (nSPS) is 15.5. The molecule has 1 N–H and O–H groups in total. The van der Waals surface area contributed by atoms with Crippen LogP contribution in [0.2, 0.25) is 0 Å². The Hall–Kier alpha value is -2.31. The van der Waals surface area contributed by atoms with Crippen LogP contribution >= 0.6 is 24.0 Å². The molecule has 2 aromatic carbocycles. The van der Waals surface area contributed by atoms with Crippen molar-refractivity contribution < 1.29 is 9.53 Å². The molecular weight excluding hydrogens is 376 g/mol. The summed E-state index contributed by atoms with van der Waals surface area (Å²) in [7, 11) is 0. The van der Waals surface area contributed by atoms with Gasteiger partial charge in [-0.1, -0.05) is 53.8 Å². The van der Waals surface area contributed by atoms with Crippen molar-refractivity contribution >= 4 is 46.0 Å². The standard InChI is InChI=1S/C21H22N2O2S2/c1-4-25-17-8-6-16(7-9-17)12-19-20(24)23(21(26)27-19)13-22-18-10-5-14(2)11-15(18)3/h5-12,22H,4,13H2,1-3H3/b19-12+. The number of benzene rings is 2. The van der Waals surface area contributed by atoms with Crippen LogP contribution in [0.4, 0.5) is 5.69 Å². The van der Waals surface area contributed by atoms with Crippen LogP contribution in [0.1, 0.15) is 23.6 Å². The average Bonchev–Trinajstić information content (AvgIpc) is 2.90. The number of ether oxygens (including phenoxy) is 1. The number of rotatable bonds is 6. The van der Waals surface area contributed by atoms with Gasteiger partial charge in [0.25, 0.3) is 5.91 Å². The molecule has 1 aliphatic rings. The summed E-state index contributed by atoms with van der Waals surface area (Å²) >= 11 is 6.73. The van der Waals surface area contributed by atoms with Gasteiger partial charge < -0.3 is 10.1 Å². The SMILES string of the molecule is CCOc1ccc(/C=C2/SC(=S)N(CNc3ccc(C)cc3C)C2=O)cc1. The zero-order valence-electron chi connectivity index (χ0n) is 15.6. The number of nitrogens with zero attached hydrogens (tertiary/aromatic N) is 1. The number of thioether (sulfide) groups is 1. The summed E-state index contributed by atoms with van der Waals surface area (Å²) < 4.78 is 6.01. The average molecular weight is 399 g/mol. The molecule has 1 saturated heterocycles. The Bertz CT molecular complexity index is 892. The number of anilines is 1. The lowest BCUT2D eigenvalue weighted by atomic mass is 10.1. The van der Waals surface area contributed by atoms with E-state index in [1.165, 1.54) is 17.3 Å². The van der Waals surface area contributed by atoms with Crippen molar-refractivity contribution in [1.82, 2.24) is 4.90 Å². The monoisotopic (exact) mass is 398 g/mol. The Labute approximate surface area is 169 Å². The molecule has 3 rings (SSSR count). The minimum Gasteiger partial charge on any atom is -0.494 e. The van der Waals surface area contributed by atoms with E-state index in [-0.39, 0.29) is 5.91 Å². The highest BCUT2D eigenvalue weighted by molar-refractivity contribution is 8.26. The molecule has 0 atom stereocenters. The molecule has 1 heterocycles. The van der Waals surface area contributed by atoms with E-state index in [2.05, 4.69) is 18.3 Å². The fraction of sp³-hybridized carbons (Fsp3) is 0.238. The van der Waals surface area contributed by atoms with Crippen molar-refractivity contribution in [3.8, 4) is 5.75 Å². The van der Waals surface area contributed by atoms with E-state index in [0.29, 0.717) is 22.5 Å². The topological polar surface area (TPSA) is 41.6 Å².